The first-order valence-electron chi connectivity index (χ1n) is 5.42. The number of aryl methyl sites for hydroxylation is 1. The summed E-state index contributed by atoms with van der Waals surface area (Å²) in [6, 6.07) is 2.02. The van der Waals surface area contributed by atoms with E-state index in [0.29, 0.717) is 5.92 Å². The average molecular weight is 191 g/mol. The van der Waals surface area contributed by atoms with Gasteiger partial charge in [-0.25, -0.2) is 9.97 Å². The Morgan fingerprint density at radius 3 is 3.21 bits per heavy atom. The lowest BCUT2D eigenvalue weighted by Gasteiger charge is -2.07. The molecule has 1 N–H and O–H groups in total. The molecule has 3 heteroatoms. The highest BCUT2D eigenvalue weighted by Crippen LogP contribution is 2.18. The molecule has 0 aromatic carbocycles. The fraction of sp³-hybridized carbons (Fsp3) is 0.636. The summed E-state index contributed by atoms with van der Waals surface area (Å²) in [6.45, 7) is 4.32. The summed E-state index contributed by atoms with van der Waals surface area (Å²) < 4.78 is 0. The van der Waals surface area contributed by atoms with Gasteiger partial charge in [-0.05, 0) is 25.5 Å². The summed E-state index contributed by atoms with van der Waals surface area (Å²) in [6.07, 6.45) is 5.29. The van der Waals surface area contributed by atoms with E-state index >= 15 is 0 Å². The van der Waals surface area contributed by atoms with Crippen LogP contribution in [0.15, 0.2) is 12.3 Å². The van der Waals surface area contributed by atoms with Crippen LogP contribution in [-0.4, -0.2) is 23.1 Å². The van der Waals surface area contributed by atoms with E-state index in [2.05, 4.69) is 22.2 Å². The number of hydrogen-bond donors (Lipinski definition) is 1. The van der Waals surface area contributed by atoms with E-state index in [-0.39, 0.29) is 0 Å². The first kappa shape index (κ1) is 9.59. The molecular weight excluding hydrogens is 174 g/mol. The summed E-state index contributed by atoms with van der Waals surface area (Å²) in [4.78, 5) is 8.95. The number of nitrogens with one attached hydrogen (secondary N) is 1. The van der Waals surface area contributed by atoms with Crippen molar-refractivity contribution in [3.05, 3.63) is 23.8 Å². The van der Waals surface area contributed by atoms with Crippen LogP contribution in [-0.2, 0) is 6.42 Å². The number of rotatable bonds is 3. The number of hydrogen-bond acceptors (Lipinski definition) is 3. The van der Waals surface area contributed by atoms with Crippen LogP contribution in [0.1, 0.15) is 37.2 Å². The second kappa shape index (κ2) is 4.51. The molecule has 1 fully saturated rings. The van der Waals surface area contributed by atoms with Gasteiger partial charge in [0.1, 0.15) is 5.82 Å². The van der Waals surface area contributed by atoms with Crippen molar-refractivity contribution in [2.24, 2.45) is 0 Å². The molecule has 1 aliphatic rings. The fourth-order valence-corrected chi connectivity index (χ4v) is 1.88. The topological polar surface area (TPSA) is 37.8 Å². The van der Waals surface area contributed by atoms with E-state index in [9.17, 15) is 0 Å². The van der Waals surface area contributed by atoms with Gasteiger partial charge < -0.3 is 5.32 Å². The normalized spacial score (nSPS) is 21.4. The molecule has 1 saturated heterocycles. The van der Waals surface area contributed by atoms with Gasteiger partial charge in [0.2, 0.25) is 0 Å². The van der Waals surface area contributed by atoms with Crippen LogP contribution >= 0.6 is 0 Å². The molecule has 0 radical (unpaired) electrons. The molecule has 0 saturated carbocycles. The van der Waals surface area contributed by atoms with Gasteiger partial charge in [0.05, 0.1) is 0 Å². The van der Waals surface area contributed by atoms with Gasteiger partial charge in [0, 0.05) is 24.4 Å². The fourth-order valence-electron chi connectivity index (χ4n) is 1.88. The van der Waals surface area contributed by atoms with Crippen LogP contribution in [0, 0.1) is 0 Å². The zero-order valence-electron chi connectivity index (χ0n) is 8.66. The molecule has 0 aliphatic carbocycles. The smallest absolute Gasteiger partial charge is 0.132 e. The second-order valence-electron chi connectivity index (χ2n) is 3.85. The molecule has 1 aromatic heterocycles. The van der Waals surface area contributed by atoms with Crippen molar-refractivity contribution in [1.82, 2.24) is 15.3 Å². The van der Waals surface area contributed by atoms with Gasteiger partial charge in [0.25, 0.3) is 0 Å². The van der Waals surface area contributed by atoms with Crippen molar-refractivity contribution < 1.29 is 0 Å². The lowest BCUT2D eigenvalue weighted by Crippen LogP contribution is -2.10. The molecule has 0 amide bonds. The minimum absolute atomic E-state index is 0.534. The highest BCUT2D eigenvalue weighted by Gasteiger charge is 2.18. The van der Waals surface area contributed by atoms with E-state index in [4.69, 9.17) is 0 Å². The standard InChI is InChI=1S/C11H17N3/c1-2-3-10-5-7-13-11(14-10)9-4-6-12-8-9/h5,7,9,12H,2-4,6,8H2,1H3. The Balaban J connectivity index is 2.12. The first-order valence-corrected chi connectivity index (χ1v) is 5.42. The van der Waals surface area contributed by atoms with Gasteiger partial charge in [-0.2, -0.15) is 0 Å². The van der Waals surface area contributed by atoms with Crippen molar-refractivity contribution in [1.29, 1.82) is 0 Å². The van der Waals surface area contributed by atoms with Gasteiger partial charge in [-0.3, -0.25) is 0 Å². The third-order valence-electron chi connectivity index (χ3n) is 2.66. The lowest BCUT2D eigenvalue weighted by atomic mass is 10.1. The van der Waals surface area contributed by atoms with Crippen LogP contribution in [0.3, 0.4) is 0 Å². The summed E-state index contributed by atoms with van der Waals surface area (Å²) in [5.41, 5.74) is 1.18. The predicted molar refractivity (Wildman–Crippen MR) is 56.3 cm³/mol. The molecule has 1 aliphatic heterocycles. The Hall–Kier alpha value is -0.960. The minimum atomic E-state index is 0.534. The van der Waals surface area contributed by atoms with E-state index in [0.717, 1.165) is 31.8 Å². The maximum absolute atomic E-state index is 4.59. The van der Waals surface area contributed by atoms with Crippen molar-refractivity contribution in [2.75, 3.05) is 13.1 Å². The zero-order valence-corrected chi connectivity index (χ0v) is 8.66. The molecule has 3 nitrogen and oxygen atoms in total. The van der Waals surface area contributed by atoms with Gasteiger partial charge in [0.15, 0.2) is 0 Å². The maximum atomic E-state index is 4.59. The monoisotopic (exact) mass is 191 g/mol. The molecule has 0 spiro atoms. The third-order valence-corrected chi connectivity index (χ3v) is 2.66. The molecule has 1 aromatic rings. The Bertz CT molecular complexity index is 292. The van der Waals surface area contributed by atoms with Crippen molar-refractivity contribution >= 4 is 0 Å². The molecule has 0 bridgehead atoms. The summed E-state index contributed by atoms with van der Waals surface area (Å²) in [5, 5.41) is 3.34. The van der Waals surface area contributed by atoms with Crippen molar-refractivity contribution in [2.45, 2.75) is 32.1 Å². The SMILES string of the molecule is CCCc1ccnc(C2CCNC2)n1. The third kappa shape index (κ3) is 2.10. The molecule has 2 heterocycles. The van der Waals surface area contributed by atoms with Crippen molar-refractivity contribution in [3.8, 4) is 0 Å². The lowest BCUT2D eigenvalue weighted by molar-refractivity contribution is 0.689. The quantitative estimate of drug-likeness (QED) is 0.787. The zero-order chi connectivity index (χ0) is 9.80. The Morgan fingerprint density at radius 2 is 2.50 bits per heavy atom. The summed E-state index contributed by atoms with van der Waals surface area (Å²) >= 11 is 0. The highest BCUT2D eigenvalue weighted by molar-refractivity contribution is 5.07. The Labute approximate surface area is 85.0 Å². The molecule has 1 atom stereocenters. The van der Waals surface area contributed by atoms with Crippen molar-refractivity contribution in [3.63, 3.8) is 0 Å². The largest absolute Gasteiger partial charge is 0.316 e. The maximum Gasteiger partial charge on any atom is 0.132 e. The Kier molecular flexibility index (Phi) is 3.09. The van der Waals surface area contributed by atoms with Gasteiger partial charge >= 0.3 is 0 Å². The molecule has 2 rings (SSSR count). The number of aromatic nitrogens is 2. The minimum Gasteiger partial charge on any atom is -0.316 e. The molecule has 76 valence electrons. The van der Waals surface area contributed by atoms with E-state index in [1.165, 1.54) is 12.1 Å². The van der Waals surface area contributed by atoms with Crippen LogP contribution in [0.4, 0.5) is 0 Å². The summed E-state index contributed by atoms with van der Waals surface area (Å²) in [5.74, 6) is 1.56. The van der Waals surface area contributed by atoms with Crippen LogP contribution in [0.25, 0.3) is 0 Å². The van der Waals surface area contributed by atoms with Crippen LogP contribution in [0.2, 0.25) is 0 Å². The summed E-state index contributed by atoms with van der Waals surface area (Å²) in [7, 11) is 0. The van der Waals surface area contributed by atoms with E-state index < -0.39 is 0 Å². The number of nitrogens with zero attached hydrogens (tertiary/aromatic N) is 2. The highest BCUT2D eigenvalue weighted by atomic mass is 15.0. The second-order valence-corrected chi connectivity index (χ2v) is 3.85. The van der Waals surface area contributed by atoms with Gasteiger partial charge in [-0.1, -0.05) is 13.3 Å². The molecule has 1 unspecified atom stereocenters. The average Bonchev–Trinajstić information content (AvgIpc) is 2.71. The van der Waals surface area contributed by atoms with E-state index in [1.54, 1.807) is 0 Å². The predicted octanol–water partition coefficient (Wildman–Crippen LogP) is 1.51. The van der Waals surface area contributed by atoms with Gasteiger partial charge in [-0.15, -0.1) is 0 Å². The van der Waals surface area contributed by atoms with Crippen LogP contribution < -0.4 is 5.32 Å². The van der Waals surface area contributed by atoms with Crippen LogP contribution in [0.5, 0.6) is 0 Å². The van der Waals surface area contributed by atoms with E-state index in [1.807, 2.05) is 12.3 Å². The molecular formula is C11H17N3. The first-order chi connectivity index (χ1) is 6.90. The Morgan fingerprint density at radius 1 is 1.57 bits per heavy atom. The molecule has 14 heavy (non-hydrogen) atoms.